The Bertz CT molecular complexity index is 781. The van der Waals surface area contributed by atoms with Crippen molar-refractivity contribution in [3.05, 3.63) is 41.5 Å². The fourth-order valence-electron chi connectivity index (χ4n) is 2.96. The van der Waals surface area contributed by atoms with Crippen LogP contribution in [-0.2, 0) is 6.42 Å². The zero-order chi connectivity index (χ0) is 18.0. The molecule has 0 fully saturated rings. The summed E-state index contributed by atoms with van der Waals surface area (Å²) in [6.45, 7) is 0.269. The highest BCUT2D eigenvalue weighted by Crippen LogP contribution is 2.39. The van der Waals surface area contributed by atoms with Crippen molar-refractivity contribution in [2.45, 2.75) is 6.42 Å². The summed E-state index contributed by atoms with van der Waals surface area (Å²) in [5.41, 5.74) is 1.32. The third-order valence-corrected chi connectivity index (χ3v) is 4.28. The number of carbonyl (C=O) groups is 1. The van der Waals surface area contributed by atoms with Crippen molar-refractivity contribution in [2.75, 3.05) is 27.9 Å². The average Bonchev–Trinajstić information content (AvgIpc) is 2.64. The molecule has 1 aliphatic rings. The normalized spacial score (nSPS) is 16.0. The van der Waals surface area contributed by atoms with Gasteiger partial charge in [-0.1, -0.05) is 6.07 Å². The molecule has 132 valence electrons. The van der Waals surface area contributed by atoms with Crippen LogP contribution in [0, 0.1) is 5.92 Å². The van der Waals surface area contributed by atoms with E-state index in [1.165, 1.54) is 14.2 Å². The van der Waals surface area contributed by atoms with Crippen LogP contribution < -0.4 is 18.9 Å². The zero-order valence-corrected chi connectivity index (χ0v) is 14.4. The summed E-state index contributed by atoms with van der Waals surface area (Å²) < 4.78 is 21.5. The van der Waals surface area contributed by atoms with Gasteiger partial charge in [0.1, 0.15) is 22.8 Å². The molecule has 0 aromatic heterocycles. The van der Waals surface area contributed by atoms with E-state index in [0.717, 1.165) is 5.56 Å². The van der Waals surface area contributed by atoms with Gasteiger partial charge in [-0.05, 0) is 24.1 Å². The van der Waals surface area contributed by atoms with Crippen LogP contribution in [0.25, 0.3) is 0 Å². The molecular formula is C19H20O6. The standard InChI is InChI=1S/C19H20O6/c1-22-13-8-16(24-3)18-17(9-13)25-10-12(19(18)21)6-11-4-5-14(20)15(7-11)23-2/h4-5,7-9,12,20H,6,10H2,1-3H3. The maximum absolute atomic E-state index is 12.9. The van der Waals surface area contributed by atoms with Crippen LogP contribution in [0.1, 0.15) is 15.9 Å². The van der Waals surface area contributed by atoms with Crippen LogP contribution >= 0.6 is 0 Å². The van der Waals surface area contributed by atoms with Gasteiger partial charge in [-0.25, -0.2) is 0 Å². The largest absolute Gasteiger partial charge is 0.504 e. The molecule has 1 heterocycles. The second kappa shape index (κ2) is 6.93. The minimum absolute atomic E-state index is 0.0344. The van der Waals surface area contributed by atoms with Crippen LogP contribution in [0.3, 0.4) is 0 Å². The monoisotopic (exact) mass is 344 g/mol. The number of benzene rings is 2. The van der Waals surface area contributed by atoms with Crippen molar-refractivity contribution in [3.63, 3.8) is 0 Å². The first-order chi connectivity index (χ1) is 12.1. The van der Waals surface area contributed by atoms with Crippen LogP contribution in [0.4, 0.5) is 0 Å². The van der Waals surface area contributed by atoms with E-state index in [1.807, 2.05) is 0 Å². The van der Waals surface area contributed by atoms with Crippen LogP contribution in [-0.4, -0.2) is 38.8 Å². The smallest absolute Gasteiger partial charge is 0.177 e. The van der Waals surface area contributed by atoms with Crippen molar-refractivity contribution in [1.82, 2.24) is 0 Å². The lowest BCUT2D eigenvalue weighted by Gasteiger charge is -2.26. The average molecular weight is 344 g/mol. The number of Topliss-reactive ketones (excluding diaryl/α,β-unsaturated/α-hetero) is 1. The molecule has 2 aromatic rings. The third kappa shape index (κ3) is 3.20. The highest BCUT2D eigenvalue weighted by Gasteiger charge is 2.32. The van der Waals surface area contributed by atoms with Gasteiger partial charge in [0.25, 0.3) is 0 Å². The van der Waals surface area contributed by atoms with E-state index in [4.69, 9.17) is 18.9 Å². The number of aromatic hydroxyl groups is 1. The summed E-state index contributed by atoms with van der Waals surface area (Å²) in [5.74, 6) is 1.55. The summed E-state index contributed by atoms with van der Waals surface area (Å²) in [7, 11) is 4.55. The SMILES string of the molecule is COc1cc(OC)c2c(c1)OCC(Cc1ccc(O)c(OC)c1)C2=O. The summed E-state index contributed by atoms with van der Waals surface area (Å²) in [5, 5.41) is 9.70. The minimum atomic E-state index is -0.343. The fraction of sp³-hybridized carbons (Fsp3) is 0.316. The number of phenolic OH excluding ortho intramolecular Hbond substituents is 1. The van der Waals surface area contributed by atoms with Gasteiger partial charge in [0.2, 0.25) is 0 Å². The Morgan fingerprint density at radius 1 is 1.08 bits per heavy atom. The molecule has 1 atom stereocenters. The van der Waals surface area contributed by atoms with Crippen LogP contribution in [0.5, 0.6) is 28.7 Å². The Morgan fingerprint density at radius 2 is 1.84 bits per heavy atom. The minimum Gasteiger partial charge on any atom is -0.504 e. The van der Waals surface area contributed by atoms with Crippen molar-refractivity contribution in [2.24, 2.45) is 5.92 Å². The molecule has 3 rings (SSSR count). The first-order valence-corrected chi connectivity index (χ1v) is 7.86. The fourth-order valence-corrected chi connectivity index (χ4v) is 2.96. The second-order valence-corrected chi connectivity index (χ2v) is 5.79. The number of hydrogen-bond donors (Lipinski definition) is 1. The van der Waals surface area contributed by atoms with E-state index >= 15 is 0 Å². The van der Waals surface area contributed by atoms with E-state index in [-0.39, 0.29) is 24.1 Å². The number of rotatable bonds is 5. The lowest BCUT2D eigenvalue weighted by Crippen LogP contribution is -2.30. The molecular weight excluding hydrogens is 324 g/mol. The van der Waals surface area contributed by atoms with E-state index < -0.39 is 0 Å². The summed E-state index contributed by atoms with van der Waals surface area (Å²) in [6.07, 6.45) is 0.476. The Labute approximate surface area is 145 Å². The number of methoxy groups -OCH3 is 3. The van der Waals surface area contributed by atoms with Gasteiger partial charge in [0.05, 0.1) is 33.9 Å². The number of hydrogen-bond acceptors (Lipinski definition) is 6. The molecule has 1 N–H and O–H groups in total. The van der Waals surface area contributed by atoms with Gasteiger partial charge < -0.3 is 24.1 Å². The van der Waals surface area contributed by atoms with Gasteiger partial charge >= 0.3 is 0 Å². The number of phenols is 1. The summed E-state index contributed by atoms with van der Waals surface area (Å²) in [6, 6.07) is 8.42. The highest BCUT2D eigenvalue weighted by atomic mass is 16.5. The topological polar surface area (TPSA) is 74.2 Å². The van der Waals surface area contributed by atoms with Gasteiger partial charge in [0, 0.05) is 12.1 Å². The predicted molar refractivity (Wildman–Crippen MR) is 91.2 cm³/mol. The number of ether oxygens (including phenoxy) is 4. The van der Waals surface area contributed by atoms with Crippen molar-refractivity contribution in [3.8, 4) is 28.7 Å². The zero-order valence-electron chi connectivity index (χ0n) is 14.4. The van der Waals surface area contributed by atoms with Crippen LogP contribution in [0.2, 0.25) is 0 Å². The van der Waals surface area contributed by atoms with Gasteiger partial charge in [-0.2, -0.15) is 0 Å². The van der Waals surface area contributed by atoms with Crippen molar-refractivity contribution >= 4 is 5.78 Å². The Balaban J connectivity index is 1.89. The number of carbonyl (C=O) groups excluding carboxylic acids is 1. The molecule has 6 heteroatoms. The van der Waals surface area contributed by atoms with Crippen molar-refractivity contribution in [1.29, 1.82) is 0 Å². The Kier molecular flexibility index (Phi) is 4.70. The Hall–Kier alpha value is -2.89. The van der Waals surface area contributed by atoms with E-state index in [0.29, 0.717) is 35.0 Å². The maximum atomic E-state index is 12.9. The predicted octanol–water partition coefficient (Wildman–Crippen LogP) is 2.85. The van der Waals surface area contributed by atoms with Crippen molar-refractivity contribution < 1.29 is 28.8 Å². The molecule has 0 saturated carbocycles. The molecule has 0 amide bonds. The number of ketones is 1. The molecule has 1 unspecified atom stereocenters. The third-order valence-electron chi connectivity index (χ3n) is 4.28. The van der Waals surface area contributed by atoms with Crippen LogP contribution in [0.15, 0.2) is 30.3 Å². The molecule has 25 heavy (non-hydrogen) atoms. The Morgan fingerprint density at radius 3 is 2.52 bits per heavy atom. The molecule has 0 spiro atoms. The lowest BCUT2D eigenvalue weighted by molar-refractivity contribution is 0.0825. The molecule has 1 aliphatic heterocycles. The molecule has 0 radical (unpaired) electrons. The summed E-state index contributed by atoms with van der Waals surface area (Å²) in [4.78, 5) is 12.9. The van der Waals surface area contributed by atoms with E-state index in [1.54, 1.807) is 37.4 Å². The lowest BCUT2D eigenvalue weighted by atomic mass is 9.89. The molecule has 0 bridgehead atoms. The van der Waals surface area contributed by atoms with Gasteiger partial charge in [-0.3, -0.25) is 4.79 Å². The van der Waals surface area contributed by atoms with E-state index in [9.17, 15) is 9.90 Å². The van der Waals surface area contributed by atoms with Gasteiger partial charge in [0.15, 0.2) is 17.3 Å². The maximum Gasteiger partial charge on any atom is 0.177 e. The first-order valence-electron chi connectivity index (χ1n) is 7.86. The molecule has 0 saturated heterocycles. The quantitative estimate of drug-likeness (QED) is 0.899. The first kappa shape index (κ1) is 17.0. The number of fused-ring (bicyclic) bond motifs is 1. The highest BCUT2D eigenvalue weighted by molar-refractivity contribution is 6.04. The molecule has 0 aliphatic carbocycles. The summed E-state index contributed by atoms with van der Waals surface area (Å²) >= 11 is 0. The molecule has 2 aromatic carbocycles. The second-order valence-electron chi connectivity index (χ2n) is 5.79. The van der Waals surface area contributed by atoms with Gasteiger partial charge in [-0.15, -0.1) is 0 Å². The van der Waals surface area contributed by atoms with E-state index in [2.05, 4.69) is 0 Å². The molecule has 6 nitrogen and oxygen atoms in total.